The molecule has 6 heteroatoms. The Morgan fingerprint density at radius 2 is 1.96 bits per heavy atom. The summed E-state index contributed by atoms with van der Waals surface area (Å²) in [6.45, 7) is 0. The Labute approximate surface area is 153 Å². The van der Waals surface area contributed by atoms with Gasteiger partial charge in [-0.05, 0) is 24.8 Å². The van der Waals surface area contributed by atoms with E-state index in [1.807, 2.05) is 30.3 Å². The summed E-state index contributed by atoms with van der Waals surface area (Å²) < 4.78 is 9.61. The number of esters is 1. The molecule has 0 spiro atoms. The lowest BCUT2D eigenvalue weighted by Gasteiger charge is -2.26. The lowest BCUT2D eigenvalue weighted by Crippen LogP contribution is -2.36. The fraction of sp³-hybridized carbons (Fsp3) is 0.474. The monoisotopic (exact) mass is 363 g/mol. The van der Waals surface area contributed by atoms with Gasteiger partial charge in [-0.2, -0.15) is 0 Å². The average molecular weight is 363 g/mol. The van der Waals surface area contributed by atoms with Crippen LogP contribution in [0.2, 0.25) is 0 Å². The van der Waals surface area contributed by atoms with Crippen molar-refractivity contribution in [2.24, 2.45) is 0 Å². The highest BCUT2D eigenvalue weighted by Crippen LogP contribution is 2.42. The maximum atomic E-state index is 12.3. The van der Waals surface area contributed by atoms with Gasteiger partial charge in [0.15, 0.2) is 0 Å². The van der Waals surface area contributed by atoms with Crippen LogP contribution in [-0.2, 0) is 14.3 Å². The second kappa shape index (κ2) is 10.1. The van der Waals surface area contributed by atoms with Gasteiger partial charge in [0.1, 0.15) is 5.37 Å². The zero-order valence-corrected chi connectivity index (χ0v) is 15.5. The standard InChI is InChI=1S/C19H25NO4S/c1-23-17(21)13-9-4-3-8-12-16-14-25-18(20(16)19(22)24-2)15-10-6-5-7-11-15/h5-8,10-12,16,18H,3-4,9,13-14H2,1-2H3/b12-8-/t16-,18-/m1/s1. The highest BCUT2D eigenvalue weighted by atomic mass is 32.2. The molecular formula is C19H25NO4S. The summed E-state index contributed by atoms with van der Waals surface area (Å²) in [5.41, 5.74) is 1.10. The molecule has 0 unspecified atom stereocenters. The molecule has 1 amide bonds. The van der Waals surface area contributed by atoms with E-state index in [0.717, 1.165) is 30.6 Å². The fourth-order valence-corrected chi connectivity index (χ4v) is 4.17. The smallest absolute Gasteiger partial charge is 0.411 e. The van der Waals surface area contributed by atoms with Crippen molar-refractivity contribution in [2.75, 3.05) is 20.0 Å². The summed E-state index contributed by atoms with van der Waals surface area (Å²) in [5, 5.41) is -0.0253. The normalized spacial score (nSPS) is 20.0. The first-order chi connectivity index (χ1) is 12.2. The summed E-state index contributed by atoms with van der Waals surface area (Å²) in [6.07, 6.45) is 6.92. The zero-order valence-electron chi connectivity index (χ0n) is 14.7. The van der Waals surface area contributed by atoms with Crippen molar-refractivity contribution in [1.82, 2.24) is 4.90 Å². The van der Waals surface area contributed by atoms with E-state index < -0.39 is 0 Å². The van der Waals surface area contributed by atoms with E-state index in [1.165, 1.54) is 14.2 Å². The molecule has 0 saturated carbocycles. The number of amides is 1. The molecule has 1 fully saturated rings. The number of unbranched alkanes of at least 4 members (excludes halogenated alkanes) is 2. The first-order valence-corrected chi connectivity index (χ1v) is 9.48. The largest absolute Gasteiger partial charge is 0.469 e. The van der Waals surface area contributed by atoms with Crippen LogP contribution >= 0.6 is 11.8 Å². The van der Waals surface area contributed by atoms with Crippen molar-refractivity contribution in [2.45, 2.75) is 37.1 Å². The molecule has 5 nitrogen and oxygen atoms in total. The van der Waals surface area contributed by atoms with Gasteiger partial charge < -0.3 is 9.47 Å². The van der Waals surface area contributed by atoms with Crippen LogP contribution in [0.25, 0.3) is 0 Å². The van der Waals surface area contributed by atoms with Gasteiger partial charge in [-0.3, -0.25) is 9.69 Å². The predicted octanol–water partition coefficient (Wildman–Crippen LogP) is 4.16. The van der Waals surface area contributed by atoms with Crippen LogP contribution in [0.1, 0.15) is 36.6 Å². The van der Waals surface area contributed by atoms with Gasteiger partial charge >= 0.3 is 12.1 Å². The minimum absolute atomic E-state index is 0.0169. The molecule has 0 radical (unpaired) electrons. The topological polar surface area (TPSA) is 55.8 Å². The van der Waals surface area contributed by atoms with Gasteiger partial charge in [0.25, 0.3) is 0 Å². The Morgan fingerprint density at radius 3 is 2.64 bits per heavy atom. The van der Waals surface area contributed by atoms with Crippen molar-refractivity contribution in [3.63, 3.8) is 0 Å². The minimum atomic E-state index is -0.306. The number of allylic oxidation sites excluding steroid dienone is 1. The molecule has 25 heavy (non-hydrogen) atoms. The van der Waals surface area contributed by atoms with E-state index >= 15 is 0 Å². The maximum absolute atomic E-state index is 12.3. The number of hydrogen-bond donors (Lipinski definition) is 0. The molecule has 0 aliphatic carbocycles. The molecule has 136 valence electrons. The Bertz CT molecular complexity index is 590. The third-order valence-electron chi connectivity index (χ3n) is 4.09. The van der Waals surface area contributed by atoms with Crippen molar-refractivity contribution in [3.05, 3.63) is 48.0 Å². The zero-order chi connectivity index (χ0) is 18.1. The van der Waals surface area contributed by atoms with Crippen LogP contribution in [0, 0.1) is 0 Å². The lowest BCUT2D eigenvalue weighted by molar-refractivity contribution is -0.140. The Kier molecular flexibility index (Phi) is 7.85. The van der Waals surface area contributed by atoms with Crippen LogP contribution in [0.5, 0.6) is 0 Å². The van der Waals surface area contributed by atoms with Crippen molar-refractivity contribution in [1.29, 1.82) is 0 Å². The van der Waals surface area contributed by atoms with Gasteiger partial charge in [-0.25, -0.2) is 4.79 Å². The van der Waals surface area contributed by atoms with Crippen molar-refractivity contribution in [3.8, 4) is 0 Å². The molecule has 1 aliphatic rings. The average Bonchev–Trinajstić information content (AvgIpc) is 3.08. The molecule has 1 aromatic rings. The van der Waals surface area contributed by atoms with Crippen molar-refractivity contribution >= 4 is 23.8 Å². The second-order valence-electron chi connectivity index (χ2n) is 5.79. The van der Waals surface area contributed by atoms with Gasteiger partial charge in [-0.15, -0.1) is 11.8 Å². The predicted molar refractivity (Wildman–Crippen MR) is 99.3 cm³/mol. The van der Waals surface area contributed by atoms with Gasteiger partial charge in [-0.1, -0.05) is 42.5 Å². The summed E-state index contributed by atoms with van der Waals surface area (Å²) in [7, 11) is 2.82. The molecule has 0 bridgehead atoms. The summed E-state index contributed by atoms with van der Waals surface area (Å²) >= 11 is 1.74. The molecule has 1 saturated heterocycles. The first-order valence-electron chi connectivity index (χ1n) is 8.43. The number of ether oxygens (including phenoxy) is 2. The minimum Gasteiger partial charge on any atom is -0.469 e. The highest BCUT2D eigenvalue weighted by molar-refractivity contribution is 7.99. The molecule has 1 heterocycles. The molecule has 1 aromatic carbocycles. The number of carbonyl (C=O) groups is 2. The van der Waals surface area contributed by atoms with Crippen molar-refractivity contribution < 1.29 is 19.1 Å². The lowest BCUT2D eigenvalue weighted by atomic mass is 10.1. The fourth-order valence-electron chi connectivity index (χ4n) is 2.77. The van der Waals surface area contributed by atoms with E-state index in [2.05, 4.69) is 16.9 Å². The number of rotatable bonds is 7. The van der Waals surface area contributed by atoms with E-state index in [4.69, 9.17) is 4.74 Å². The molecule has 2 atom stereocenters. The number of benzene rings is 1. The Balaban J connectivity index is 1.92. The van der Waals surface area contributed by atoms with Gasteiger partial charge in [0.05, 0.1) is 20.3 Å². The van der Waals surface area contributed by atoms with Crippen LogP contribution in [-0.4, -0.2) is 43.0 Å². The number of carbonyl (C=O) groups excluding carboxylic acids is 2. The SMILES string of the molecule is COC(=O)CCCC/C=C\[C@@H]1CS[C@H](c2ccccc2)N1C(=O)OC. The highest BCUT2D eigenvalue weighted by Gasteiger charge is 2.37. The summed E-state index contributed by atoms with van der Waals surface area (Å²) in [4.78, 5) is 25.1. The van der Waals surface area contributed by atoms with Crippen LogP contribution in [0.15, 0.2) is 42.5 Å². The molecular weight excluding hydrogens is 338 g/mol. The summed E-state index contributed by atoms with van der Waals surface area (Å²) in [5.74, 6) is 0.673. The van der Waals surface area contributed by atoms with E-state index in [9.17, 15) is 9.59 Å². The maximum Gasteiger partial charge on any atom is 0.411 e. The number of methoxy groups -OCH3 is 2. The van der Waals surface area contributed by atoms with Gasteiger partial charge in [0, 0.05) is 12.2 Å². The Hall–Kier alpha value is -1.95. The first kappa shape index (κ1) is 19.4. The molecule has 1 aliphatic heterocycles. The van der Waals surface area contributed by atoms with E-state index in [0.29, 0.717) is 6.42 Å². The van der Waals surface area contributed by atoms with E-state index in [1.54, 1.807) is 16.7 Å². The van der Waals surface area contributed by atoms with Crippen LogP contribution < -0.4 is 0 Å². The molecule has 0 N–H and O–H groups in total. The second-order valence-corrected chi connectivity index (χ2v) is 6.90. The van der Waals surface area contributed by atoms with Crippen LogP contribution in [0.3, 0.4) is 0 Å². The quantitative estimate of drug-likeness (QED) is 0.414. The van der Waals surface area contributed by atoms with E-state index in [-0.39, 0.29) is 23.5 Å². The summed E-state index contributed by atoms with van der Waals surface area (Å²) in [6, 6.07) is 10.0. The molecule has 2 rings (SSSR count). The number of nitrogens with zero attached hydrogens (tertiary/aromatic N) is 1. The van der Waals surface area contributed by atoms with Crippen LogP contribution in [0.4, 0.5) is 4.79 Å². The third kappa shape index (κ3) is 5.53. The third-order valence-corrected chi connectivity index (χ3v) is 5.44. The van der Waals surface area contributed by atoms with Gasteiger partial charge in [0.2, 0.25) is 0 Å². The number of hydrogen-bond acceptors (Lipinski definition) is 5. The Morgan fingerprint density at radius 1 is 1.20 bits per heavy atom. The number of thioether (sulfide) groups is 1. The molecule has 0 aromatic heterocycles.